The van der Waals surface area contributed by atoms with Crippen LogP contribution in [-0.2, 0) is 14.8 Å². The maximum atomic E-state index is 13.9. The third-order valence-electron chi connectivity index (χ3n) is 5.27. The Kier molecular flexibility index (Phi) is 5.94. The van der Waals surface area contributed by atoms with Crippen molar-refractivity contribution in [2.75, 3.05) is 39.3 Å². The molecule has 0 radical (unpaired) electrons. The SMILES string of the molecule is CC1CCCCN1C(=O)CN1CCN(S(=O)(=O)c2ccccc2F)CC1. The van der Waals surface area contributed by atoms with Crippen LogP contribution in [0.3, 0.4) is 0 Å². The van der Waals surface area contributed by atoms with E-state index in [1.165, 1.54) is 22.5 Å². The number of piperazine rings is 1. The first-order valence-corrected chi connectivity index (χ1v) is 10.6. The van der Waals surface area contributed by atoms with E-state index in [1.54, 1.807) is 0 Å². The zero-order valence-corrected chi connectivity index (χ0v) is 15.9. The van der Waals surface area contributed by atoms with Gasteiger partial charge in [0.25, 0.3) is 0 Å². The first-order chi connectivity index (χ1) is 12.4. The Bertz CT molecular complexity index is 748. The summed E-state index contributed by atoms with van der Waals surface area (Å²) in [7, 11) is -3.84. The highest BCUT2D eigenvalue weighted by atomic mass is 32.2. The number of piperidine rings is 1. The Hall–Kier alpha value is -1.51. The van der Waals surface area contributed by atoms with E-state index in [4.69, 9.17) is 0 Å². The summed E-state index contributed by atoms with van der Waals surface area (Å²) in [4.78, 5) is 16.2. The van der Waals surface area contributed by atoms with Crippen molar-refractivity contribution in [1.29, 1.82) is 0 Å². The van der Waals surface area contributed by atoms with E-state index in [-0.39, 0.29) is 29.9 Å². The van der Waals surface area contributed by atoms with Gasteiger partial charge in [-0.25, -0.2) is 12.8 Å². The number of rotatable bonds is 4. The lowest BCUT2D eigenvalue weighted by molar-refractivity contribution is -0.135. The van der Waals surface area contributed by atoms with Crippen LogP contribution in [0.2, 0.25) is 0 Å². The van der Waals surface area contributed by atoms with Crippen molar-refractivity contribution in [2.24, 2.45) is 0 Å². The standard InChI is InChI=1S/C18H26FN3O3S/c1-15-6-4-5-9-22(15)18(23)14-20-10-12-21(13-11-20)26(24,25)17-8-3-2-7-16(17)19/h2-3,7-8,15H,4-6,9-14H2,1H3. The molecule has 0 saturated carbocycles. The lowest BCUT2D eigenvalue weighted by Gasteiger charge is -2.37. The van der Waals surface area contributed by atoms with E-state index in [2.05, 4.69) is 6.92 Å². The maximum Gasteiger partial charge on any atom is 0.246 e. The van der Waals surface area contributed by atoms with Gasteiger partial charge in [-0.2, -0.15) is 4.31 Å². The molecule has 0 N–H and O–H groups in total. The van der Waals surface area contributed by atoms with Gasteiger partial charge in [0, 0.05) is 38.8 Å². The minimum absolute atomic E-state index is 0.114. The number of benzene rings is 1. The van der Waals surface area contributed by atoms with Gasteiger partial charge in [-0.3, -0.25) is 9.69 Å². The normalized spacial score (nSPS) is 23.2. The first-order valence-electron chi connectivity index (χ1n) is 9.16. The van der Waals surface area contributed by atoms with Gasteiger partial charge >= 0.3 is 0 Å². The van der Waals surface area contributed by atoms with Crippen molar-refractivity contribution in [3.63, 3.8) is 0 Å². The topological polar surface area (TPSA) is 60.9 Å². The molecule has 6 nitrogen and oxygen atoms in total. The lowest BCUT2D eigenvalue weighted by atomic mass is 10.0. The van der Waals surface area contributed by atoms with Crippen molar-refractivity contribution in [1.82, 2.24) is 14.1 Å². The number of sulfonamides is 1. The maximum absolute atomic E-state index is 13.9. The highest BCUT2D eigenvalue weighted by molar-refractivity contribution is 7.89. The second-order valence-electron chi connectivity index (χ2n) is 7.04. The highest BCUT2D eigenvalue weighted by Crippen LogP contribution is 2.21. The second kappa shape index (κ2) is 8.02. The van der Waals surface area contributed by atoms with Gasteiger partial charge in [0.15, 0.2) is 0 Å². The molecule has 0 bridgehead atoms. The van der Waals surface area contributed by atoms with E-state index < -0.39 is 15.8 Å². The monoisotopic (exact) mass is 383 g/mol. The molecule has 3 rings (SSSR count). The van der Waals surface area contributed by atoms with Gasteiger partial charge in [0.05, 0.1) is 6.54 Å². The Morgan fingerprint density at radius 1 is 1.12 bits per heavy atom. The van der Waals surface area contributed by atoms with E-state index in [1.807, 2.05) is 9.80 Å². The fourth-order valence-corrected chi connectivity index (χ4v) is 5.16. The molecule has 8 heteroatoms. The zero-order chi connectivity index (χ0) is 18.7. The lowest BCUT2D eigenvalue weighted by Crippen LogP contribution is -2.53. The van der Waals surface area contributed by atoms with Crippen LogP contribution in [0, 0.1) is 5.82 Å². The molecule has 0 aliphatic carbocycles. The fraction of sp³-hybridized carbons (Fsp3) is 0.611. The van der Waals surface area contributed by atoms with Crippen molar-refractivity contribution in [2.45, 2.75) is 37.1 Å². The molecule has 0 aromatic heterocycles. The molecule has 1 aromatic carbocycles. The van der Waals surface area contributed by atoms with Crippen LogP contribution in [0.25, 0.3) is 0 Å². The van der Waals surface area contributed by atoms with Crippen LogP contribution < -0.4 is 0 Å². The van der Waals surface area contributed by atoms with Gasteiger partial charge in [0.1, 0.15) is 10.7 Å². The molecule has 1 atom stereocenters. The predicted octanol–water partition coefficient (Wildman–Crippen LogP) is 1.53. The van der Waals surface area contributed by atoms with Gasteiger partial charge in [0.2, 0.25) is 15.9 Å². The summed E-state index contributed by atoms with van der Waals surface area (Å²) in [5.41, 5.74) is 0. The third-order valence-corrected chi connectivity index (χ3v) is 7.20. The number of halogens is 1. The molecule has 2 fully saturated rings. The smallest absolute Gasteiger partial charge is 0.246 e. The van der Waals surface area contributed by atoms with Gasteiger partial charge < -0.3 is 4.90 Å². The average Bonchev–Trinajstić information content (AvgIpc) is 2.62. The Morgan fingerprint density at radius 2 is 1.81 bits per heavy atom. The second-order valence-corrected chi connectivity index (χ2v) is 8.95. The summed E-state index contributed by atoms with van der Waals surface area (Å²) in [6, 6.07) is 5.71. The third kappa shape index (κ3) is 4.07. The van der Waals surface area contributed by atoms with Crippen LogP contribution in [0.1, 0.15) is 26.2 Å². The summed E-state index contributed by atoms with van der Waals surface area (Å²) in [5, 5.41) is 0. The number of amides is 1. The largest absolute Gasteiger partial charge is 0.339 e. The molecule has 26 heavy (non-hydrogen) atoms. The number of hydrogen-bond acceptors (Lipinski definition) is 4. The summed E-state index contributed by atoms with van der Waals surface area (Å²) in [6.45, 7) is 4.68. The summed E-state index contributed by atoms with van der Waals surface area (Å²) < 4.78 is 40.4. The molecule has 0 spiro atoms. The van der Waals surface area contributed by atoms with Crippen molar-refractivity contribution in [3.8, 4) is 0 Å². The molecule has 2 aliphatic heterocycles. The van der Waals surface area contributed by atoms with E-state index in [0.29, 0.717) is 19.6 Å². The Morgan fingerprint density at radius 3 is 2.46 bits per heavy atom. The molecule has 2 aliphatic rings. The molecule has 2 heterocycles. The number of carbonyl (C=O) groups excluding carboxylic acids is 1. The molecular weight excluding hydrogens is 357 g/mol. The average molecular weight is 383 g/mol. The van der Waals surface area contributed by atoms with Gasteiger partial charge in [-0.05, 0) is 38.3 Å². The number of hydrogen-bond donors (Lipinski definition) is 0. The minimum atomic E-state index is -3.84. The summed E-state index contributed by atoms with van der Waals surface area (Å²) >= 11 is 0. The van der Waals surface area contributed by atoms with Crippen molar-refractivity contribution in [3.05, 3.63) is 30.1 Å². The van der Waals surface area contributed by atoms with Crippen LogP contribution >= 0.6 is 0 Å². The van der Waals surface area contributed by atoms with E-state index in [9.17, 15) is 17.6 Å². The van der Waals surface area contributed by atoms with E-state index in [0.717, 1.165) is 31.9 Å². The fourth-order valence-electron chi connectivity index (χ4n) is 3.67. The molecule has 1 amide bonds. The molecular formula is C18H26FN3O3S. The van der Waals surface area contributed by atoms with Crippen molar-refractivity contribution >= 4 is 15.9 Å². The highest BCUT2D eigenvalue weighted by Gasteiger charge is 2.32. The summed E-state index contributed by atoms with van der Waals surface area (Å²) in [6.07, 6.45) is 3.25. The number of nitrogens with zero attached hydrogens (tertiary/aromatic N) is 3. The van der Waals surface area contributed by atoms with Crippen molar-refractivity contribution < 1.29 is 17.6 Å². The molecule has 1 aromatic rings. The van der Waals surface area contributed by atoms with Crippen LogP contribution in [0.15, 0.2) is 29.2 Å². The Labute approximate surface area is 154 Å². The Balaban J connectivity index is 1.57. The quantitative estimate of drug-likeness (QED) is 0.791. The number of carbonyl (C=O) groups is 1. The van der Waals surface area contributed by atoms with E-state index >= 15 is 0 Å². The molecule has 2 saturated heterocycles. The predicted molar refractivity (Wildman–Crippen MR) is 96.6 cm³/mol. The summed E-state index contributed by atoms with van der Waals surface area (Å²) in [5.74, 6) is -0.619. The molecule has 1 unspecified atom stereocenters. The number of likely N-dealkylation sites (tertiary alicyclic amines) is 1. The van der Waals surface area contributed by atoms with Crippen LogP contribution in [0.5, 0.6) is 0 Å². The van der Waals surface area contributed by atoms with Crippen LogP contribution in [0.4, 0.5) is 4.39 Å². The minimum Gasteiger partial charge on any atom is -0.339 e. The van der Waals surface area contributed by atoms with Gasteiger partial charge in [-0.15, -0.1) is 0 Å². The molecule has 144 valence electrons. The first kappa shape index (κ1) is 19.3. The van der Waals surface area contributed by atoms with Gasteiger partial charge in [-0.1, -0.05) is 12.1 Å². The zero-order valence-electron chi connectivity index (χ0n) is 15.1. The van der Waals surface area contributed by atoms with Crippen LogP contribution in [-0.4, -0.2) is 73.7 Å².